The summed E-state index contributed by atoms with van der Waals surface area (Å²) in [5.41, 5.74) is 1.24. The molecule has 2 unspecified atom stereocenters. The summed E-state index contributed by atoms with van der Waals surface area (Å²) in [6, 6.07) is 0. The molecular weight excluding hydrogens is 354 g/mol. The van der Waals surface area contributed by atoms with Crippen LogP contribution < -0.4 is 5.32 Å². The van der Waals surface area contributed by atoms with E-state index in [0.29, 0.717) is 29.8 Å². The van der Waals surface area contributed by atoms with E-state index in [1.54, 1.807) is 19.9 Å². The molecule has 1 heterocycles. The predicted molar refractivity (Wildman–Crippen MR) is 101 cm³/mol. The summed E-state index contributed by atoms with van der Waals surface area (Å²) in [6.45, 7) is 7.38. The molecule has 0 saturated carbocycles. The van der Waals surface area contributed by atoms with Gasteiger partial charge in [-0.1, -0.05) is 19.1 Å². The van der Waals surface area contributed by atoms with Gasteiger partial charge in [-0.15, -0.1) is 11.3 Å². The zero-order valence-corrected chi connectivity index (χ0v) is 16.3. The van der Waals surface area contributed by atoms with Gasteiger partial charge in [-0.05, 0) is 45.6 Å². The van der Waals surface area contributed by atoms with Crippen molar-refractivity contribution in [2.24, 2.45) is 11.8 Å². The second-order valence-electron chi connectivity index (χ2n) is 6.63. The second kappa shape index (κ2) is 8.49. The normalized spacial score (nSPS) is 19.4. The van der Waals surface area contributed by atoms with E-state index < -0.39 is 23.8 Å². The lowest BCUT2D eigenvalue weighted by Gasteiger charge is -2.24. The SMILES string of the molecule is CCc1c(C)sc(NC(=O)C2CC=CCC2C(=O)O)c1C(=O)OC(C)C. The van der Waals surface area contributed by atoms with Crippen LogP contribution in [-0.4, -0.2) is 29.1 Å². The minimum Gasteiger partial charge on any atom is -0.481 e. The summed E-state index contributed by atoms with van der Waals surface area (Å²) in [7, 11) is 0. The lowest BCUT2D eigenvalue weighted by atomic mass is 9.82. The summed E-state index contributed by atoms with van der Waals surface area (Å²) in [4.78, 5) is 37.6. The van der Waals surface area contributed by atoms with Crippen LogP contribution in [0.4, 0.5) is 5.00 Å². The van der Waals surface area contributed by atoms with Crippen molar-refractivity contribution in [2.45, 2.75) is 53.1 Å². The number of carboxylic acid groups (broad SMARTS) is 1. The summed E-state index contributed by atoms with van der Waals surface area (Å²) < 4.78 is 5.33. The maximum Gasteiger partial charge on any atom is 0.341 e. The van der Waals surface area contributed by atoms with Crippen LogP contribution in [0.3, 0.4) is 0 Å². The van der Waals surface area contributed by atoms with Gasteiger partial charge in [0.25, 0.3) is 0 Å². The molecule has 142 valence electrons. The fourth-order valence-corrected chi connectivity index (χ4v) is 4.30. The topological polar surface area (TPSA) is 92.7 Å². The lowest BCUT2D eigenvalue weighted by Crippen LogP contribution is -2.34. The number of amides is 1. The molecule has 6 nitrogen and oxygen atoms in total. The summed E-state index contributed by atoms with van der Waals surface area (Å²) in [5.74, 6) is -3.22. The molecule has 0 aliphatic heterocycles. The number of ether oxygens (including phenoxy) is 1. The summed E-state index contributed by atoms with van der Waals surface area (Å²) in [5, 5.41) is 12.6. The maximum absolute atomic E-state index is 12.7. The number of carbonyl (C=O) groups excluding carboxylic acids is 2. The molecule has 0 radical (unpaired) electrons. The molecule has 1 amide bonds. The van der Waals surface area contributed by atoms with Crippen LogP contribution in [0.5, 0.6) is 0 Å². The molecule has 2 atom stereocenters. The molecule has 1 aromatic rings. The number of aliphatic carboxylic acids is 1. The van der Waals surface area contributed by atoms with Crippen LogP contribution in [-0.2, 0) is 20.7 Å². The van der Waals surface area contributed by atoms with E-state index in [9.17, 15) is 19.5 Å². The van der Waals surface area contributed by atoms with Gasteiger partial charge < -0.3 is 15.2 Å². The third-order valence-corrected chi connectivity index (χ3v) is 5.50. The van der Waals surface area contributed by atoms with Gasteiger partial charge in [-0.25, -0.2) is 4.79 Å². The highest BCUT2D eigenvalue weighted by molar-refractivity contribution is 7.16. The van der Waals surface area contributed by atoms with Gasteiger partial charge in [-0.2, -0.15) is 0 Å². The molecule has 2 rings (SSSR count). The van der Waals surface area contributed by atoms with Crippen molar-refractivity contribution in [1.29, 1.82) is 0 Å². The average molecular weight is 379 g/mol. The molecule has 0 bridgehead atoms. The summed E-state index contributed by atoms with van der Waals surface area (Å²) >= 11 is 1.32. The lowest BCUT2D eigenvalue weighted by molar-refractivity contribution is -0.146. The Kier molecular flexibility index (Phi) is 6.58. The molecule has 1 aromatic heterocycles. The number of carbonyl (C=O) groups is 3. The number of hydrogen-bond donors (Lipinski definition) is 2. The van der Waals surface area contributed by atoms with E-state index in [0.717, 1.165) is 10.4 Å². The number of esters is 1. The van der Waals surface area contributed by atoms with Gasteiger partial charge in [0.15, 0.2) is 0 Å². The Morgan fingerprint density at radius 2 is 1.88 bits per heavy atom. The predicted octanol–water partition coefficient (Wildman–Crippen LogP) is 3.79. The molecule has 0 spiro atoms. The van der Waals surface area contributed by atoms with Crippen molar-refractivity contribution in [3.63, 3.8) is 0 Å². The molecule has 0 saturated heterocycles. The fraction of sp³-hybridized carbons (Fsp3) is 0.526. The summed E-state index contributed by atoms with van der Waals surface area (Å²) in [6.07, 6.45) is 4.70. The van der Waals surface area contributed by atoms with E-state index in [1.807, 2.05) is 19.9 Å². The number of aryl methyl sites for hydroxylation is 1. The Bertz CT molecular complexity index is 735. The zero-order valence-electron chi connectivity index (χ0n) is 15.5. The Morgan fingerprint density at radius 3 is 2.42 bits per heavy atom. The quantitative estimate of drug-likeness (QED) is 0.579. The van der Waals surface area contributed by atoms with Crippen molar-refractivity contribution < 1.29 is 24.2 Å². The number of carboxylic acids is 1. The van der Waals surface area contributed by atoms with Crippen LogP contribution >= 0.6 is 11.3 Å². The highest BCUT2D eigenvalue weighted by Gasteiger charge is 2.35. The zero-order chi connectivity index (χ0) is 19.4. The molecule has 0 fully saturated rings. The van der Waals surface area contributed by atoms with Crippen LogP contribution in [0, 0.1) is 18.8 Å². The van der Waals surface area contributed by atoms with Crippen LogP contribution in [0.1, 0.15) is 54.4 Å². The molecule has 7 heteroatoms. The van der Waals surface area contributed by atoms with Crippen LogP contribution in [0.15, 0.2) is 12.2 Å². The van der Waals surface area contributed by atoms with E-state index in [2.05, 4.69) is 5.32 Å². The maximum atomic E-state index is 12.7. The van der Waals surface area contributed by atoms with Crippen molar-refractivity contribution in [2.75, 3.05) is 5.32 Å². The number of nitrogens with one attached hydrogen (secondary N) is 1. The van der Waals surface area contributed by atoms with Gasteiger partial charge in [0.05, 0.1) is 23.5 Å². The van der Waals surface area contributed by atoms with E-state index in [-0.39, 0.29) is 12.0 Å². The van der Waals surface area contributed by atoms with Gasteiger partial charge in [0, 0.05) is 4.88 Å². The second-order valence-corrected chi connectivity index (χ2v) is 7.86. The molecule has 1 aliphatic rings. The minimum absolute atomic E-state index is 0.268. The highest BCUT2D eigenvalue weighted by atomic mass is 32.1. The molecule has 2 N–H and O–H groups in total. The van der Waals surface area contributed by atoms with Crippen molar-refractivity contribution in [1.82, 2.24) is 0 Å². The van der Waals surface area contributed by atoms with E-state index in [1.165, 1.54) is 11.3 Å². The van der Waals surface area contributed by atoms with Crippen LogP contribution in [0.25, 0.3) is 0 Å². The van der Waals surface area contributed by atoms with E-state index >= 15 is 0 Å². The smallest absolute Gasteiger partial charge is 0.341 e. The number of anilines is 1. The Labute approximate surface area is 157 Å². The Balaban J connectivity index is 2.31. The van der Waals surface area contributed by atoms with Gasteiger partial charge in [0.2, 0.25) is 5.91 Å². The monoisotopic (exact) mass is 379 g/mol. The minimum atomic E-state index is -0.981. The Morgan fingerprint density at radius 1 is 1.27 bits per heavy atom. The first-order valence-electron chi connectivity index (χ1n) is 8.78. The van der Waals surface area contributed by atoms with E-state index in [4.69, 9.17) is 4.74 Å². The van der Waals surface area contributed by atoms with Gasteiger partial charge in [0.1, 0.15) is 5.00 Å². The number of allylic oxidation sites excluding steroid dienone is 2. The first-order valence-corrected chi connectivity index (χ1v) is 9.59. The molecule has 26 heavy (non-hydrogen) atoms. The largest absolute Gasteiger partial charge is 0.481 e. The van der Waals surface area contributed by atoms with Crippen molar-refractivity contribution in [3.05, 3.63) is 28.2 Å². The number of thiophene rings is 1. The first kappa shape index (κ1) is 20.2. The number of hydrogen-bond acceptors (Lipinski definition) is 5. The molecular formula is C19H25NO5S. The average Bonchev–Trinajstić information content (AvgIpc) is 2.89. The first-order chi connectivity index (χ1) is 12.3. The van der Waals surface area contributed by atoms with Gasteiger partial charge >= 0.3 is 11.9 Å². The third kappa shape index (κ3) is 4.33. The van der Waals surface area contributed by atoms with Crippen molar-refractivity contribution in [3.8, 4) is 0 Å². The standard InChI is InChI=1S/C19H25NO5S/c1-5-12-11(4)26-17(15(12)19(24)25-10(2)3)20-16(21)13-8-6-7-9-14(13)18(22)23/h6-7,10,13-14H,5,8-9H2,1-4H3,(H,20,21)(H,22,23). The Hall–Kier alpha value is -2.15. The van der Waals surface area contributed by atoms with Crippen LogP contribution in [0.2, 0.25) is 0 Å². The molecule has 1 aliphatic carbocycles. The van der Waals surface area contributed by atoms with Gasteiger partial charge in [-0.3, -0.25) is 9.59 Å². The highest BCUT2D eigenvalue weighted by Crippen LogP contribution is 2.36. The fourth-order valence-electron chi connectivity index (χ4n) is 3.16. The third-order valence-electron chi connectivity index (χ3n) is 4.43. The van der Waals surface area contributed by atoms with Crippen molar-refractivity contribution >= 4 is 34.2 Å². The molecule has 0 aromatic carbocycles. The number of rotatable bonds is 6.